The second kappa shape index (κ2) is 11.0. The molecule has 1 aliphatic heterocycles. The summed E-state index contributed by atoms with van der Waals surface area (Å²) in [4.78, 5) is 4.70. The number of hydrogen-bond donors (Lipinski definition) is 2. The van der Waals surface area contributed by atoms with Gasteiger partial charge >= 0.3 is 0 Å². The minimum atomic E-state index is 0. The zero-order valence-electron chi connectivity index (χ0n) is 12.3. The van der Waals surface area contributed by atoms with Gasteiger partial charge in [-0.3, -0.25) is 4.99 Å². The molecule has 1 unspecified atom stereocenters. The lowest BCUT2D eigenvalue weighted by Gasteiger charge is -2.21. The molecule has 0 aliphatic carbocycles. The number of halogens is 1. The van der Waals surface area contributed by atoms with Gasteiger partial charge in [0, 0.05) is 31.6 Å². The van der Waals surface area contributed by atoms with Crippen molar-refractivity contribution in [1.29, 1.82) is 0 Å². The Morgan fingerprint density at radius 2 is 2.21 bits per heavy atom. The number of guanidine groups is 1. The van der Waals surface area contributed by atoms with Gasteiger partial charge in [-0.2, -0.15) is 11.8 Å². The summed E-state index contributed by atoms with van der Waals surface area (Å²) in [6.07, 6.45) is 3.62. The summed E-state index contributed by atoms with van der Waals surface area (Å²) in [5, 5.41) is 6.64. The highest BCUT2D eigenvalue weighted by molar-refractivity contribution is 14.0. The Morgan fingerprint density at radius 1 is 1.42 bits per heavy atom. The summed E-state index contributed by atoms with van der Waals surface area (Å²) in [6.45, 7) is 7.92. The first-order valence-corrected chi connectivity index (χ1v) is 7.84. The van der Waals surface area contributed by atoms with Crippen LogP contribution in [0.5, 0.6) is 0 Å². The van der Waals surface area contributed by atoms with Crippen molar-refractivity contribution in [3.05, 3.63) is 0 Å². The average Bonchev–Trinajstić information content (AvgIpc) is 2.79. The molecule has 0 saturated carbocycles. The fourth-order valence-electron chi connectivity index (χ4n) is 1.97. The lowest BCUT2D eigenvalue weighted by atomic mass is 10.1. The molecular weight excluding hydrogens is 373 g/mol. The van der Waals surface area contributed by atoms with Gasteiger partial charge in [-0.05, 0) is 38.9 Å². The maximum atomic E-state index is 5.04. The maximum absolute atomic E-state index is 5.04. The van der Waals surface area contributed by atoms with Crippen LogP contribution < -0.4 is 10.6 Å². The van der Waals surface area contributed by atoms with E-state index in [1.165, 1.54) is 18.6 Å². The molecule has 0 aromatic heterocycles. The molecule has 0 aromatic carbocycles. The van der Waals surface area contributed by atoms with E-state index in [2.05, 4.69) is 36.2 Å². The van der Waals surface area contributed by atoms with E-state index in [1.54, 1.807) is 7.11 Å². The van der Waals surface area contributed by atoms with Crippen molar-refractivity contribution < 1.29 is 4.74 Å². The Hall–Kier alpha value is 0.310. The standard InChI is InChI=1S/C13H27N3OS.HI/c1-4-14-12(15-8-6-9-17-3)16-11-13(2)7-5-10-18-13;/h4-11H2,1-3H3,(H2,14,15,16);1H. The topological polar surface area (TPSA) is 45.7 Å². The summed E-state index contributed by atoms with van der Waals surface area (Å²) < 4.78 is 5.38. The fourth-order valence-corrected chi connectivity index (χ4v) is 3.20. The third-order valence-electron chi connectivity index (χ3n) is 3.03. The largest absolute Gasteiger partial charge is 0.385 e. The highest BCUT2D eigenvalue weighted by Crippen LogP contribution is 2.37. The van der Waals surface area contributed by atoms with E-state index in [9.17, 15) is 0 Å². The van der Waals surface area contributed by atoms with Crippen LogP contribution in [0.4, 0.5) is 0 Å². The van der Waals surface area contributed by atoms with Crippen LogP contribution in [0.25, 0.3) is 0 Å². The molecule has 0 radical (unpaired) electrons. The van der Waals surface area contributed by atoms with E-state index >= 15 is 0 Å². The van der Waals surface area contributed by atoms with Crippen molar-refractivity contribution in [2.45, 2.75) is 37.9 Å². The zero-order valence-corrected chi connectivity index (χ0v) is 15.5. The number of thioether (sulfide) groups is 1. The Labute approximate surface area is 138 Å². The molecule has 0 aromatic rings. The molecule has 1 fully saturated rings. The predicted molar refractivity (Wildman–Crippen MR) is 96.0 cm³/mol. The van der Waals surface area contributed by atoms with Gasteiger partial charge in [0.15, 0.2) is 5.96 Å². The Kier molecular flexibility index (Phi) is 11.2. The van der Waals surface area contributed by atoms with Crippen molar-refractivity contribution in [3.63, 3.8) is 0 Å². The highest BCUT2D eigenvalue weighted by Gasteiger charge is 2.29. The van der Waals surface area contributed by atoms with E-state index in [4.69, 9.17) is 9.73 Å². The number of methoxy groups -OCH3 is 1. The maximum Gasteiger partial charge on any atom is 0.191 e. The van der Waals surface area contributed by atoms with Crippen LogP contribution in [0.15, 0.2) is 4.99 Å². The lowest BCUT2D eigenvalue weighted by Crippen LogP contribution is -2.39. The van der Waals surface area contributed by atoms with Crippen molar-refractivity contribution >= 4 is 41.7 Å². The van der Waals surface area contributed by atoms with E-state index in [-0.39, 0.29) is 24.0 Å². The number of nitrogens with one attached hydrogen (secondary N) is 2. The van der Waals surface area contributed by atoms with Crippen molar-refractivity contribution in [2.24, 2.45) is 4.99 Å². The third kappa shape index (κ3) is 8.24. The highest BCUT2D eigenvalue weighted by atomic mass is 127. The van der Waals surface area contributed by atoms with Gasteiger partial charge in [0.1, 0.15) is 0 Å². The fraction of sp³-hybridized carbons (Fsp3) is 0.923. The lowest BCUT2D eigenvalue weighted by molar-refractivity contribution is 0.195. The van der Waals surface area contributed by atoms with Gasteiger partial charge in [0.2, 0.25) is 0 Å². The molecule has 1 aliphatic rings. The first-order chi connectivity index (χ1) is 8.70. The molecule has 0 bridgehead atoms. The van der Waals surface area contributed by atoms with Crippen LogP contribution in [0.3, 0.4) is 0 Å². The van der Waals surface area contributed by atoms with Crippen LogP contribution in [0.2, 0.25) is 0 Å². The Bertz CT molecular complexity index is 258. The second-order valence-corrected chi connectivity index (χ2v) is 6.55. The molecule has 0 spiro atoms. The van der Waals surface area contributed by atoms with Gasteiger partial charge in [-0.25, -0.2) is 0 Å². The smallest absolute Gasteiger partial charge is 0.191 e. The van der Waals surface area contributed by atoms with Crippen molar-refractivity contribution in [2.75, 3.05) is 39.1 Å². The predicted octanol–water partition coefficient (Wildman–Crippen LogP) is 2.48. The van der Waals surface area contributed by atoms with Gasteiger partial charge in [-0.15, -0.1) is 24.0 Å². The van der Waals surface area contributed by atoms with Crippen molar-refractivity contribution in [1.82, 2.24) is 10.6 Å². The van der Waals surface area contributed by atoms with Crippen LogP contribution >= 0.6 is 35.7 Å². The zero-order chi connectivity index (χ0) is 13.3. The number of aliphatic imine (C=N–C) groups is 1. The number of hydrogen-bond acceptors (Lipinski definition) is 3. The Balaban J connectivity index is 0.00000324. The third-order valence-corrected chi connectivity index (χ3v) is 4.56. The quantitative estimate of drug-likeness (QED) is 0.298. The first kappa shape index (κ1) is 19.3. The van der Waals surface area contributed by atoms with Crippen LogP contribution in [-0.2, 0) is 4.74 Å². The minimum absolute atomic E-state index is 0. The van der Waals surface area contributed by atoms with Gasteiger partial charge in [-0.1, -0.05) is 0 Å². The number of ether oxygens (including phenoxy) is 1. The summed E-state index contributed by atoms with van der Waals surface area (Å²) in [5.41, 5.74) is 0. The molecule has 6 heteroatoms. The minimum Gasteiger partial charge on any atom is -0.385 e. The molecule has 2 N–H and O–H groups in total. The molecule has 1 atom stereocenters. The molecule has 1 heterocycles. The molecule has 19 heavy (non-hydrogen) atoms. The molecule has 0 amide bonds. The second-order valence-electron chi connectivity index (χ2n) is 4.87. The molecule has 1 saturated heterocycles. The number of nitrogens with zero attached hydrogens (tertiary/aromatic N) is 1. The van der Waals surface area contributed by atoms with Crippen LogP contribution in [0, 0.1) is 0 Å². The summed E-state index contributed by atoms with van der Waals surface area (Å²) in [5.74, 6) is 2.21. The van der Waals surface area contributed by atoms with Crippen molar-refractivity contribution in [3.8, 4) is 0 Å². The monoisotopic (exact) mass is 401 g/mol. The van der Waals surface area contributed by atoms with E-state index in [1.807, 2.05) is 0 Å². The molecule has 4 nitrogen and oxygen atoms in total. The normalized spacial score (nSPS) is 23.0. The Morgan fingerprint density at radius 3 is 2.79 bits per heavy atom. The molecule has 114 valence electrons. The van der Waals surface area contributed by atoms with E-state index in [0.717, 1.165) is 38.6 Å². The molecular formula is C13H28IN3OS. The first-order valence-electron chi connectivity index (χ1n) is 6.85. The van der Waals surface area contributed by atoms with Gasteiger partial charge < -0.3 is 15.4 Å². The van der Waals surface area contributed by atoms with Gasteiger partial charge in [0.25, 0.3) is 0 Å². The summed E-state index contributed by atoms with van der Waals surface area (Å²) >= 11 is 2.05. The van der Waals surface area contributed by atoms with E-state index < -0.39 is 0 Å². The number of rotatable bonds is 7. The SMILES string of the molecule is CCNC(=NCC1(C)CCCS1)NCCCOC.I. The van der Waals surface area contributed by atoms with Crippen LogP contribution in [-0.4, -0.2) is 49.8 Å². The summed E-state index contributed by atoms with van der Waals surface area (Å²) in [6, 6.07) is 0. The summed E-state index contributed by atoms with van der Waals surface area (Å²) in [7, 11) is 1.73. The van der Waals surface area contributed by atoms with Crippen LogP contribution in [0.1, 0.15) is 33.1 Å². The van der Waals surface area contributed by atoms with Gasteiger partial charge in [0.05, 0.1) is 6.54 Å². The van der Waals surface area contributed by atoms with E-state index in [0.29, 0.717) is 4.75 Å². The molecule has 1 rings (SSSR count). The average molecular weight is 401 g/mol.